The minimum Gasteiger partial charge on any atom is -0.389 e. The molecule has 0 aromatic carbocycles. The van der Waals surface area contributed by atoms with Crippen LogP contribution in [0, 0.1) is 11.3 Å². The van der Waals surface area contributed by atoms with E-state index in [1.54, 1.807) is 6.92 Å². The first-order valence-corrected chi connectivity index (χ1v) is 3.79. The van der Waals surface area contributed by atoms with Crippen molar-refractivity contribution in [3.8, 4) is 6.07 Å². The van der Waals surface area contributed by atoms with Gasteiger partial charge in [-0.3, -0.25) is 4.90 Å². The van der Waals surface area contributed by atoms with Gasteiger partial charge in [-0.15, -0.1) is 0 Å². The van der Waals surface area contributed by atoms with E-state index < -0.39 is 5.60 Å². The van der Waals surface area contributed by atoms with E-state index in [0.29, 0.717) is 19.5 Å². The molecule has 3 nitrogen and oxygen atoms in total. The van der Waals surface area contributed by atoms with Gasteiger partial charge in [0.15, 0.2) is 0 Å². The molecule has 0 bridgehead atoms. The summed E-state index contributed by atoms with van der Waals surface area (Å²) in [5.74, 6) is 0. The Morgan fingerprint density at radius 1 is 1.64 bits per heavy atom. The van der Waals surface area contributed by atoms with Gasteiger partial charge in [0.2, 0.25) is 0 Å². The molecule has 1 N–H and O–H groups in total. The molecule has 0 heterocycles. The van der Waals surface area contributed by atoms with Crippen molar-refractivity contribution in [1.29, 1.82) is 5.26 Å². The van der Waals surface area contributed by atoms with Crippen LogP contribution in [0.25, 0.3) is 0 Å². The lowest BCUT2D eigenvalue weighted by molar-refractivity contribution is 0.0270. The van der Waals surface area contributed by atoms with Crippen molar-refractivity contribution in [2.24, 2.45) is 0 Å². The van der Waals surface area contributed by atoms with Crippen molar-refractivity contribution in [3.63, 3.8) is 0 Å². The third-order valence-corrected chi connectivity index (χ3v) is 1.71. The fourth-order valence-corrected chi connectivity index (χ4v) is 0.870. The number of likely N-dealkylation sites (N-methyl/N-ethyl adjacent to an activating group) is 1. The van der Waals surface area contributed by atoms with E-state index >= 15 is 0 Å². The highest BCUT2D eigenvalue weighted by Gasteiger charge is 2.19. The smallest absolute Gasteiger partial charge is 0.0864 e. The molecule has 1 unspecified atom stereocenters. The maximum absolute atomic E-state index is 9.57. The summed E-state index contributed by atoms with van der Waals surface area (Å²) in [7, 11) is 1.83. The lowest BCUT2D eigenvalue weighted by Gasteiger charge is -2.26. The zero-order chi connectivity index (χ0) is 8.91. The van der Waals surface area contributed by atoms with Crippen LogP contribution in [0.15, 0.2) is 0 Å². The second-order valence-electron chi connectivity index (χ2n) is 3.18. The second-order valence-corrected chi connectivity index (χ2v) is 3.18. The molecule has 0 aliphatic carbocycles. The van der Waals surface area contributed by atoms with Crippen LogP contribution in [-0.2, 0) is 0 Å². The molecule has 0 aliphatic heterocycles. The van der Waals surface area contributed by atoms with Gasteiger partial charge in [0.05, 0.1) is 18.2 Å². The van der Waals surface area contributed by atoms with Crippen LogP contribution < -0.4 is 0 Å². The van der Waals surface area contributed by atoms with Crippen molar-refractivity contribution in [1.82, 2.24) is 4.90 Å². The molecule has 3 heteroatoms. The number of nitrogens with zero attached hydrogens (tertiary/aromatic N) is 2. The van der Waals surface area contributed by atoms with E-state index in [9.17, 15) is 5.11 Å². The average Bonchev–Trinajstić information content (AvgIpc) is 1.87. The molecule has 0 amide bonds. The average molecular weight is 156 g/mol. The van der Waals surface area contributed by atoms with Crippen LogP contribution in [0.3, 0.4) is 0 Å². The number of hydrogen-bond acceptors (Lipinski definition) is 3. The predicted octanol–water partition coefficient (Wildman–Crippen LogP) is 0.603. The third-order valence-electron chi connectivity index (χ3n) is 1.71. The highest BCUT2D eigenvalue weighted by Crippen LogP contribution is 2.08. The number of rotatable bonds is 4. The third kappa shape index (κ3) is 4.77. The zero-order valence-electron chi connectivity index (χ0n) is 7.46. The van der Waals surface area contributed by atoms with E-state index in [4.69, 9.17) is 5.26 Å². The standard InChI is InChI=1S/C8H16N2O/c1-4-8(2,11)7-10(3)6-5-9/h11H,4,6-7H2,1-3H3. The summed E-state index contributed by atoms with van der Waals surface area (Å²) in [4.78, 5) is 1.81. The fourth-order valence-electron chi connectivity index (χ4n) is 0.870. The van der Waals surface area contributed by atoms with Crippen LogP contribution in [0.4, 0.5) is 0 Å². The highest BCUT2D eigenvalue weighted by atomic mass is 16.3. The molecule has 0 spiro atoms. The van der Waals surface area contributed by atoms with Gasteiger partial charge in [0.1, 0.15) is 0 Å². The van der Waals surface area contributed by atoms with Gasteiger partial charge in [0, 0.05) is 6.54 Å². The first kappa shape index (κ1) is 10.4. The Morgan fingerprint density at radius 2 is 2.18 bits per heavy atom. The highest BCUT2D eigenvalue weighted by molar-refractivity contribution is 4.80. The van der Waals surface area contributed by atoms with Crippen LogP contribution in [-0.4, -0.2) is 35.7 Å². The molecule has 0 saturated carbocycles. The van der Waals surface area contributed by atoms with Gasteiger partial charge in [-0.25, -0.2) is 0 Å². The topological polar surface area (TPSA) is 47.3 Å². The normalized spacial score (nSPS) is 16.0. The summed E-state index contributed by atoms with van der Waals surface area (Å²) in [6.07, 6.45) is 0.711. The van der Waals surface area contributed by atoms with Crippen molar-refractivity contribution in [2.75, 3.05) is 20.1 Å². The van der Waals surface area contributed by atoms with Crippen LogP contribution in [0.1, 0.15) is 20.3 Å². The molecule has 0 fully saturated rings. The van der Waals surface area contributed by atoms with Crippen molar-refractivity contribution >= 4 is 0 Å². The first-order valence-electron chi connectivity index (χ1n) is 3.79. The molecular formula is C8H16N2O. The Balaban J connectivity index is 3.75. The Hall–Kier alpha value is -0.590. The van der Waals surface area contributed by atoms with E-state index in [1.807, 2.05) is 24.9 Å². The summed E-state index contributed by atoms with van der Waals surface area (Å²) in [5.41, 5.74) is -0.661. The largest absolute Gasteiger partial charge is 0.389 e. The summed E-state index contributed by atoms with van der Waals surface area (Å²) in [5, 5.41) is 17.9. The summed E-state index contributed by atoms with van der Waals surface area (Å²) in [6.45, 7) is 4.63. The lowest BCUT2D eigenvalue weighted by atomic mass is 10.0. The van der Waals surface area contributed by atoms with Crippen LogP contribution in [0.5, 0.6) is 0 Å². The van der Waals surface area contributed by atoms with E-state index in [-0.39, 0.29) is 0 Å². The summed E-state index contributed by atoms with van der Waals surface area (Å²) >= 11 is 0. The lowest BCUT2D eigenvalue weighted by Crippen LogP contribution is -2.38. The Bertz CT molecular complexity index is 149. The second kappa shape index (κ2) is 4.32. The maximum atomic E-state index is 9.57. The fraction of sp³-hybridized carbons (Fsp3) is 0.875. The van der Waals surface area contributed by atoms with Gasteiger partial charge in [0.25, 0.3) is 0 Å². The molecular weight excluding hydrogens is 140 g/mol. The molecule has 0 aromatic rings. The van der Waals surface area contributed by atoms with Gasteiger partial charge in [-0.05, 0) is 20.4 Å². The molecule has 0 aliphatic rings. The van der Waals surface area contributed by atoms with Gasteiger partial charge in [-0.1, -0.05) is 6.92 Å². The van der Waals surface area contributed by atoms with Crippen molar-refractivity contribution < 1.29 is 5.11 Å². The van der Waals surface area contributed by atoms with Gasteiger partial charge in [-0.2, -0.15) is 5.26 Å². The quantitative estimate of drug-likeness (QED) is 0.606. The van der Waals surface area contributed by atoms with Gasteiger partial charge < -0.3 is 5.11 Å². The molecule has 64 valence electrons. The molecule has 1 atom stereocenters. The number of nitriles is 1. The summed E-state index contributed by atoms with van der Waals surface area (Å²) in [6, 6.07) is 2.03. The Labute approximate surface area is 68.2 Å². The summed E-state index contributed by atoms with van der Waals surface area (Å²) < 4.78 is 0. The van der Waals surface area contributed by atoms with Crippen LogP contribution >= 0.6 is 0 Å². The monoisotopic (exact) mass is 156 g/mol. The van der Waals surface area contributed by atoms with E-state index in [2.05, 4.69) is 0 Å². The van der Waals surface area contributed by atoms with E-state index in [0.717, 1.165) is 0 Å². The maximum Gasteiger partial charge on any atom is 0.0864 e. The molecule has 0 aromatic heterocycles. The molecule has 0 radical (unpaired) electrons. The number of aliphatic hydroxyl groups is 1. The number of hydrogen-bond donors (Lipinski definition) is 1. The van der Waals surface area contributed by atoms with Crippen LogP contribution in [0.2, 0.25) is 0 Å². The van der Waals surface area contributed by atoms with E-state index in [1.165, 1.54) is 0 Å². The molecule has 0 saturated heterocycles. The first-order chi connectivity index (χ1) is 5.02. The minimum absolute atomic E-state index is 0.371. The zero-order valence-corrected chi connectivity index (χ0v) is 7.46. The Morgan fingerprint density at radius 3 is 2.55 bits per heavy atom. The SMILES string of the molecule is CCC(C)(O)CN(C)CC#N. The van der Waals surface area contributed by atoms with Crippen molar-refractivity contribution in [3.05, 3.63) is 0 Å². The van der Waals surface area contributed by atoms with Gasteiger partial charge >= 0.3 is 0 Å². The minimum atomic E-state index is -0.661. The van der Waals surface area contributed by atoms with Crippen molar-refractivity contribution in [2.45, 2.75) is 25.9 Å². The molecule has 11 heavy (non-hydrogen) atoms. The Kier molecular flexibility index (Phi) is 4.09. The molecule has 0 rings (SSSR count). The predicted molar refractivity (Wildman–Crippen MR) is 44.0 cm³/mol.